The van der Waals surface area contributed by atoms with E-state index < -0.39 is 0 Å². The van der Waals surface area contributed by atoms with Crippen LogP contribution in [0.5, 0.6) is 0 Å². The van der Waals surface area contributed by atoms with Crippen LogP contribution in [0.1, 0.15) is 29.9 Å². The van der Waals surface area contributed by atoms with Crippen LogP contribution in [0.25, 0.3) is 22.7 Å². The number of aliphatic imine (C=N–C) groups is 1. The fourth-order valence-electron chi connectivity index (χ4n) is 3.11. The van der Waals surface area contributed by atoms with Crippen molar-refractivity contribution in [2.24, 2.45) is 4.99 Å². The Morgan fingerprint density at radius 1 is 1.15 bits per heavy atom. The minimum absolute atomic E-state index is 0.436. The SMILES string of the molecule is ONC=NC1=C(c2nc(-c3cccnc3)no2)CCCc2ccccc21. The van der Waals surface area contributed by atoms with Crippen LogP contribution in [-0.4, -0.2) is 26.7 Å². The Labute approximate surface area is 150 Å². The largest absolute Gasteiger partial charge is 0.334 e. The molecule has 2 heterocycles. The molecule has 1 aliphatic carbocycles. The third kappa shape index (κ3) is 3.12. The lowest BCUT2D eigenvalue weighted by atomic mass is 10.0. The summed E-state index contributed by atoms with van der Waals surface area (Å²) >= 11 is 0. The zero-order valence-electron chi connectivity index (χ0n) is 14.0. The molecule has 0 aliphatic heterocycles. The van der Waals surface area contributed by atoms with Gasteiger partial charge in [-0.05, 0) is 37.0 Å². The van der Waals surface area contributed by atoms with Gasteiger partial charge >= 0.3 is 0 Å². The molecule has 0 radical (unpaired) electrons. The van der Waals surface area contributed by atoms with Crippen LogP contribution in [-0.2, 0) is 6.42 Å². The molecule has 0 saturated carbocycles. The highest BCUT2D eigenvalue weighted by Gasteiger charge is 2.22. The van der Waals surface area contributed by atoms with E-state index in [4.69, 9.17) is 9.73 Å². The van der Waals surface area contributed by atoms with E-state index in [1.807, 2.05) is 35.8 Å². The van der Waals surface area contributed by atoms with Crippen LogP contribution in [0.3, 0.4) is 0 Å². The molecule has 0 unspecified atom stereocenters. The van der Waals surface area contributed by atoms with Gasteiger partial charge in [0.05, 0.1) is 5.70 Å². The first-order valence-electron chi connectivity index (χ1n) is 8.35. The van der Waals surface area contributed by atoms with Crippen LogP contribution < -0.4 is 5.48 Å². The number of rotatable bonds is 4. The topological polar surface area (TPSA) is 96.4 Å². The number of pyridine rings is 1. The van der Waals surface area contributed by atoms with Gasteiger partial charge in [-0.3, -0.25) is 15.7 Å². The normalized spacial score (nSPS) is 14.3. The second kappa shape index (κ2) is 7.28. The smallest absolute Gasteiger partial charge is 0.256 e. The summed E-state index contributed by atoms with van der Waals surface area (Å²) in [5, 5.41) is 13.0. The maximum absolute atomic E-state index is 8.94. The average molecular weight is 347 g/mol. The molecule has 1 aliphatic rings. The van der Waals surface area contributed by atoms with Crippen molar-refractivity contribution in [3.63, 3.8) is 0 Å². The Morgan fingerprint density at radius 2 is 2.08 bits per heavy atom. The Hall–Kier alpha value is -3.32. The molecule has 7 nitrogen and oxygen atoms in total. The van der Waals surface area contributed by atoms with Gasteiger partial charge in [-0.25, -0.2) is 4.99 Å². The molecular weight excluding hydrogens is 330 g/mol. The summed E-state index contributed by atoms with van der Waals surface area (Å²) in [7, 11) is 0. The number of allylic oxidation sites excluding steroid dienone is 1. The molecular formula is C19H17N5O2. The highest BCUT2D eigenvalue weighted by Crippen LogP contribution is 2.36. The summed E-state index contributed by atoms with van der Waals surface area (Å²) in [5.74, 6) is 0.924. The Morgan fingerprint density at radius 3 is 2.92 bits per heavy atom. The number of fused-ring (bicyclic) bond motifs is 1. The quantitative estimate of drug-likeness (QED) is 0.427. The van der Waals surface area contributed by atoms with Crippen molar-refractivity contribution in [3.05, 3.63) is 65.8 Å². The monoisotopic (exact) mass is 347 g/mol. The van der Waals surface area contributed by atoms with Gasteiger partial charge in [0, 0.05) is 29.1 Å². The van der Waals surface area contributed by atoms with Crippen molar-refractivity contribution < 1.29 is 9.73 Å². The van der Waals surface area contributed by atoms with Crippen LogP contribution in [0.2, 0.25) is 0 Å². The van der Waals surface area contributed by atoms with Crippen LogP contribution in [0.4, 0.5) is 0 Å². The van der Waals surface area contributed by atoms with E-state index >= 15 is 0 Å². The lowest BCUT2D eigenvalue weighted by Crippen LogP contribution is -2.03. The zero-order chi connectivity index (χ0) is 17.8. The van der Waals surface area contributed by atoms with Crippen molar-refractivity contribution in [1.82, 2.24) is 20.6 Å². The lowest BCUT2D eigenvalue weighted by Gasteiger charge is -2.08. The first-order valence-corrected chi connectivity index (χ1v) is 8.35. The molecule has 0 atom stereocenters. The number of hydrogen-bond donors (Lipinski definition) is 2. The van der Waals surface area contributed by atoms with Crippen LogP contribution in [0.15, 0.2) is 58.3 Å². The van der Waals surface area contributed by atoms with Gasteiger partial charge in [0.2, 0.25) is 5.82 Å². The molecule has 2 N–H and O–H groups in total. The van der Waals surface area contributed by atoms with Gasteiger partial charge in [-0.2, -0.15) is 4.98 Å². The van der Waals surface area contributed by atoms with Crippen molar-refractivity contribution >= 4 is 17.6 Å². The molecule has 1 aromatic carbocycles. The van der Waals surface area contributed by atoms with Crippen LogP contribution in [0, 0.1) is 0 Å². The minimum atomic E-state index is 0.436. The number of benzene rings is 1. The van der Waals surface area contributed by atoms with Gasteiger partial charge in [-0.15, -0.1) is 0 Å². The number of nitrogens with zero attached hydrogens (tertiary/aromatic N) is 4. The van der Waals surface area contributed by atoms with E-state index in [1.165, 1.54) is 11.9 Å². The summed E-state index contributed by atoms with van der Waals surface area (Å²) in [6.45, 7) is 0. The summed E-state index contributed by atoms with van der Waals surface area (Å²) in [6, 6.07) is 11.8. The van der Waals surface area contributed by atoms with Crippen LogP contribution >= 0.6 is 0 Å². The first kappa shape index (κ1) is 16.2. The van der Waals surface area contributed by atoms with Crippen molar-refractivity contribution in [1.29, 1.82) is 0 Å². The number of aryl methyl sites for hydroxylation is 1. The highest BCUT2D eigenvalue weighted by molar-refractivity contribution is 5.92. The maximum atomic E-state index is 8.94. The molecule has 0 amide bonds. The summed E-state index contributed by atoms with van der Waals surface area (Å²) in [6.07, 6.45) is 7.28. The molecule has 0 fully saturated rings. The Balaban J connectivity index is 1.83. The molecule has 0 saturated heterocycles. The molecule has 3 aromatic rings. The number of aromatic nitrogens is 3. The van der Waals surface area contributed by atoms with Gasteiger partial charge in [0.15, 0.2) is 0 Å². The van der Waals surface area contributed by atoms with Crippen molar-refractivity contribution in [2.45, 2.75) is 19.3 Å². The summed E-state index contributed by atoms with van der Waals surface area (Å²) in [5.41, 5.74) is 6.56. The number of hydrogen-bond acceptors (Lipinski definition) is 6. The molecule has 130 valence electrons. The third-order valence-electron chi connectivity index (χ3n) is 4.29. The molecule has 0 bridgehead atoms. The van der Waals surface area contributed by atoms with E-state index in [1.54, 1.807) is 12.4 Å². The van der Waals surface area contributed by atoms with Gasteiger partial charge < -0.3 is 4.52 Å². The third-order valence-corrected chi connectivity index (χ3v) is 4.29. The highest BCUT2D eigenvalue weighted by atomic mass is 16.5. The maximum Gasteiger partial charge on any atom is 0.256 e. The Bertz CT molecular complexity index is 963. The van der Waals surface area contributed by atoms with Gasteiger partial charge in [0.25, 0.3) is 5.89 Å². The van der Waals surface area contributed by atoms with E-state index in [0.29, 0.717) is 11.7 Å². The van der Waals surface area contributed by atoms with Gasteiger partial charge in [-0.1, -0.05) is 29.4 Å². The minimum Gasteiger partial charge on any atom is -0.334 e. The van der Waals surface area contributed by atoms with Crippen molar-refractivity contribution in [2.75, 3.05) is 0 Å². The predicted molar refractivity (Wildman–Crippen MR) is 97.1 cm³/mol. The second-order valence-electron chi connectivity index (χ2n) is 5.89. The second-order valence-corrected chi connectivity index (χ2v) is 5.89. The summed E-state index contributed by atoms with van der Waals surface area (Å²) in [4.78, 5) is 13.0. The lowest BCUT2D eigenvalue weighted by molar-refractivity contribution is 0.240. The number of hydroxylamine groups is 1. The molecule has 4 rings (SSSR count). The zero-order valence-corrected chi connectivity index (χ0v) is 14.0. The van der Waals surface area contributed by atoms with E-state index in [0.717, 1.165) is 41.7 Å². The van der Waals surface area contributed by atoms with E-state index in [2.05, 4.69) is 26.2 Å². The molecule has 7 heteroatoms. The predicted octanol–water partition coefficient (Wildman–Crippen LogP) is 3.34. The summed E-state index contributed by atoms with van der Waals surface area (Å²) < 4.78 is 5.54. The van der Waals surface area contributed by atoms with E-state index in [-0.39, 0.29) is 0 Å². The van der Waals surface area contributed by atoms with Gasteiger partial charge in [0.1, 0.15) is 6.34 Å². The molecule has 2 aromatic heterocycles. The standard InChI is InChI=1S/C19H17N5O2/c25-22-12-21-17-15-8-2-1-5-13(15)6-3-9-16(17)19-23-18(24-26-19)14-7-4-10-20-11-14/h1-2,4-5,7-8,10-12,25H,3,6,9H2,(H,21,22). The molecule has 0 spiro atoms. The fraction of sp³-hybridized carbons (Fsp3) is 0.158. The average Bonchev–Trinajstić information content (AvgIpc) is 3.11. The first-order chi connectivity index (χ1) is 12.9. The van der Waals surface area contributed by atoms with Crippen molar-refractivity contribution in [3.8, 4) is 11.4 Å². The van der Waals surface area contributed by atoms with E-state index in [9.17, 15) is 0 Å². The molecule has 26 heavy (non-hydrogen) atoms. The Kier molecular flexibility index (Phi) is 4.53. The fourth-order valence-corrected chi connectivity index (χ4v) is 3.11. The number of nitrogens with one attached hydrogen (secondary N) is 1.